The van der Waals surface area contributed by atoms with Gasteiger partial charge in [-0.3, -0.25) is 9.59 Å². The molecule has 88 valence electrons. The van der Waals surface area contributed by atoms with E-state index in [1.165, 1.54) is 24.3 Å². The van der Waals surface area contributed by atoms with E-state index in [-0.39, 0.29) is 28.1 Å². The highest BCUT2D eigenvalue weighted by Crippen LogP contribution is 2.37. The number of anilines is 1. The maximum absolute atomic E-state index is 11.7. The van der Waals surface area contributed by atoms with Crippen molar-refractivity contribution in [1.82, 2.24) is 0 Å². The number of imide groups is 1. The molecule has 0 N–H and O–H groups in total. The van der Waals surface area contributed by atoms with Crippen molar-refractivity contribution < 1.29 is 9.59 Å². The molecule has 1 aliphatic heterocycles. The van der Waals surface area contributed by atoms with Gasteiger partial charge in [0.1, 0.15) is 0 Å². The molecule has 1 aromatic rings. The van der Waals surface area contributed by atoms with Gasteiger partial charge in [-0.1, -0.05) is 40.9 Å². The Kier molecular flexibility index (Phi) is 3.43. The van der Waals surface area contributed by atoms with Gasteiger partial charge in [-0.2, -0.15) is 0 Å². The summed E-state index contributed by atoms with van der Waals surface area (Å²) in [5, 5.41) is 0.676. The quantitative estimate of drug-likeness (QED) is 0.743. The highest BCUT2D eigenvalue weighted by atomic mass is 35.5. The van der Waals surface area contributed by atoms with Gasteiger partial charge in [0, 0.05) is 17.5 Å². The predicted octanol–water partition coefficient (Wildman–Crippen LogP) is 3.47. The van der Waals surface area contributed by atoms with E-state index < -0.39 is 5.91 Å². The average molecular weight is 291 g/mol. The molecule has 1 aromatic carbocycles. The first kappa shape index (κ1) is 12.4. The van der Waals surface area contributed by atoms with Crippen LogP contribution in [0.1, 0.15) is 6.42 Å². The summed E-state index contributed by atoms with van der Waals surface area (Å²) < 4.78 is 0. The first-order valence-electron chi connectivity index (χ1n) is 4.68. The Hall–Kier alpha value is -1.03. The molecule has 6 heteroatoms. The Morgan fingerprint density at radius 2 is 1.65 bits per heavy atom. The summed E-state index contributed by atoms with van der Waals surface area (Å²) in [5.74, 6) is -0.837. The Balaban J connectivity index is 2.57. The molecule has 2 amide bonds. The zero-order chi connectivity index (χ0) is 12.6. The van der Waals surface area contributed by atoms with Crippen molar-refractivity contribution in [3.05, 3.63) is 39.4 Å². The number of rotatable bonds is 1. The van der Waals surface area contributed by atoms with Crippen molar-refractivity contribution in [1.29, 1.82) is 0 Å². The standard InChI is InChI=1S/C11H6Cl3NO2/c12-6-4-7(13)11(8(14)5-6)15-9(16)2-1-3-10(15)17/h1-2,4-5H,3H2. The van der Waals surface area contributed by atoms with Crippen LogP contribution in [0.3, 0.4) is 0 Å². The van der Waals surface area contributed by atoms with Crippen LogP contribution in [0.25, 0.3) is 0 Å². The van der Waals surface area contributed by atoms with Gasteiger partial charge in [0.2, 0.25) is 5.91 Å². The summed E-state index contributed by atoms with van der Waals surface area (Å²) >= 11 is 17.7. The van der Waals surface area contributed by atoms with E-state index in [4.69, 9.17) is 34.8 Å². The lowest BCUT2D eigenvalue weighted by molar-refractivity contribution is -0.124. The van der Waals surface area contributed by atoms with Crippen LogP contribution in [-0.2, 0) is 9.59 Å². The fraction of sp³-hybridized carbons (Fsp3) is 0.0909. The second kappa shape index (κ2) is 4.69. The van der Waals surface area contributed by atoms with Crippen LogP contribution in [0.15, 0.2) is 24.3 Å². The maximum Gasteiger partial charge on any atom is 0.257 e. The predicted molar refractivity (Wildman–Crippen MR) is 67.7 cm³/mol. The van der Waals surface area contributed by atoms with Crippen molar-refractivity contribution in [2.75, 3.05) is 4.90 Å². The van der Waals surface area contributed by atoms with Gasteiger partial charge in [0.15, 0.2) is 0 Å². The molecule has 0 aromatic heterocycles. The number of halogens is 3. The van der Waals surface area contributed by atoms with Crippen LogP contribution in [-0.4, -0.2) is 11.8 Å². The fourth-order valence-corrected chi connectivity index (χ4v) is 2.52. The Morgan fingerprint density at radius 1 is 1.06 bits per heavy atom. The number of nitrogens with zero attached hydrogens (tertiary/aromatic N) is 1. The molecule has 0 fully saturated rings. The third-order valence-electron chi connectivity index (χ3n) is 2.23. The van der Waals surface area contributed by atoms with E-state index in [2.05, 4.69) is 0 Å². The van der Waals surface area contributed by atoms with Gasteiger partial charge in [-0.05, 0) is 12.1 Å². The van der Waals surface area contributed by atoms with Crippen LogP contribution in [0.5, 0.6) is 0 Å². The van der Waals surface area contributed by atoms with Gasteiger partial charge < -0.3 is 0 Å². The Labute approximate surface area is 113 Å². The molecule has 0 bridgehead atoms. The first-order valence-corrected chi connectivity index (χ1v) is 5.82. The molecule has 0 aliphatic carbocycles. The lowest BCUT2D eigenvalue weighted by atomic mass is 10.2. The highest BCUT2D eigenvalue weighted by molar-refractivity contribution is 6.44. The third-order valence-corrected chi connectivity index (χ3v) is 3.02. The first-order chi connectivity index (χ1) is 8.00. The van der Waals surface area contributed by atoms with Crippen molar-refractivity contribution in [2.24, 2.45) is 0 Å². The molecular formula is C11H6Cl3NO2. The molecule has 3 nitrogen and oxygen atoms in total. The zero-order valence-corrected chi connectivity index (χ0v) is 10.7. The summed E-state index contributed by atoms with van der Waals surface area (Å²) in [4.78, 5) is 24.3. The van der Waals surface area contributed by atoms with Crippen molar-refractivity contribution in [2.45, 2.75) is 6.42 Å². The van der Waals surface area contributed by atoms with Crippen LogP contribution in [0, 0.1) is 0 Å². The molecule has 0 saturated heterocycles. The minimum Gasteiger partial charge on any atom is -0.274 e. The van der Waals surface area contributed by atoms with Gasteiger partial charge in [-0.25, -0.2) is 4.90 Å². The fourth-order valence-electron chi connectivity index (χ4n) is 1.53. The number of carbonyl (C=O) groups is 2. The molecule has 17 heavy (non-hydrogen) atoms. The molecule has 0 radical (unpaired) electrons. The summed E-state index contributed by atoms with van der Waals surface area (Å²) in [7, 11) is 0. The maximum atomic E-state index is 11.7. The van der Waals surface area contributed by atoms with Crippen molar-refractivity contribution in [3.8, 4) is 0 Å². The third kappa shape index (κ3) is 2.32. The van der Waals surface area contributed by atoms with E-state index in [1.54, 1.807) is 0 Å². The molecule has 0 unspecified atom stereocenters. The smallest absolute Gasteiger partial charge is 0.257 e. The lowest BCUT2D eigenvalue weighted by Crippen LogP contribution is -2.38. The molecular weight excluding hydrogens is 284 g/mol. The number of amides is 2. The second-order valence-corrected chi connectivity index (χ2v) is 4.64. The average Bonchev–Trinajstić information content (AvgIpc) is 2.21. The molecule has 1 heterocycles. The summed E-state index contributed by atoms with van der Waals surface area (Å²) in [5.41, 5.74) is 0.178. The summed E-state index contributed by atoms with van der Waals surface area (Å²) in [6, 6.07) is 2.87. The van der Waals surface area contributed by atoms with Crippen LogP contribution < -0.4 is 4.90 Å². The Bertz CT molecular complexity index is 517. The van der Waals surface area contributed by atoms with Crippen LogP contribution >= 0.6 is 34.8 Å². The van der Waals surface area contributed by atoms with Gasteiger partial charge in [0.05, 0.1) is 15.7 Å². The van der Waals surface area contributed by atoms with E-state index in [0.29, 0.717) is 5.02 Å². The summed E-state index contributed by atoms with van der Waals surface area (Å²) in [6.45, 7) is 0. The molecule has 0 spiro atoms. The largest absolute Gasteiger partial charge is 0.274 e. The Morgan fingerprint density at radius 3 is 2.18 bits per heavy atom. The van der Waals surface area contributed by atoms with Gasteiger partial charge in [0.25, 0.3) is 5.91 Å². The summed E-state index contributed by atoms with van der Waals surface area (Å²) in [6.07, 6.45) is 2.95. The van der Waals surface area contributed by atoms with E-state index in [0.717, 1.165) is 4.90 Å². The minimum absolute atomic E-state index is 0.140. The number of hydrogen-bond donors (Lipinski definition) is 0. The topological polar surface area (TPSA) is 37.4 Å². The molecule has 1 aliphatic rings. The number of benzene rings is 1. The molecule has 2 rings (SSSR count). The van der Waals surface area contributed by atoms with Gasteiger partial charge >= 0.3 is 0 Å². The minimum atomic E-state index is -0.465. The van der Waals surface area contributed by atoms with Gasteiger partial charge in [-0.15, -0.1) is 0 Å². The monoisotopic (exact) mass is 289 g/mol. The normalized spacial score (nSPS) is 15.6. The highest BCUT2D eigenvalue weighted by Gasteiger charge is 2.28. The lowest BCUT2D eigenvalue weighted by Gasteiger charge is -2.23. The van der Waals surface area contributed by atoms with Crippen LogP contribution in [0.2, 0.25) is 15.1 Å². The van der Waals surface area contributed by atoms with Crippen molar-refractivity contribution in [3.63, 3.8) is 0 Å². The molecule has 0 atom stereocenters. The van der Waals surface area contributed by atoms with E-state index in [9.17, 15) is 9.59 Å². The zero-order valence-electron chi connectivity index (χ0n) is 8.41. The van der Waals surface area contributed by atoms with E-state index >= 15 is 0 Å². The molecule has 0 saturated carbocycles. The second-order valence-electron chi connectivity index (χ2n) is 3.39. The number of hydrogen-bond acceptors (Lipinski definition) is 2. The SMILES string of the molecule is O=C1C=CCC(=O)N1c1c(Cl)cc(Cl)cc1Cl. The van der Waals surface area contributed by atoms with Crippen LogP contribution in [0.4, 0.5) is 5.69 Å². The van der Waals surface area contributed by atoms with Crippen molar-refractivity contribution >= 4 is 52.3 Å². The number of carbonyl (C=O) groups excluding carboxylic acids is 2. The van der Waals surface area contributed by atoms with E-state index in [1.807, 2.05) is 0 Å².